The van der Waals surface area contributed by atoms with Gasteiger partial charge in [-0.05, 0) is 32.6 Å². The van der Waals surface area contributed by atoms with E-state index >= 15 is 0 Å². The first-order valence-electron chi connectivity index (χ1n) is 7.62. The second-order valence-electron chi connectivity index (χ2n) is 5.71. The van der Waals surface area contributed by atoms with Gasteiger partial charge in [-0.2, -0.15) is 5.10 Å². The summed E-state index contributed by atoms with van der Waals surface area (Å²) in [6.07, 6.45) is 6.00. The van der Waals surface area contributed by atoms with Crippen LogP contribution in [0, 0.1) is 0 Å². The highest BCUT2D eigenvalue weighted by Crippen LogP contribution is 2.29. The third kappa shape index (κ3) is 2.64. The van der Waals surface area contributed by atoms with Crippen LogP contribution in [0.1, 0.15) is 43.0 Å². The van der Waals surface area contributed by atoms with Gasteiger partial charge in [0.2, 0.25) is 0 Å². The number of carbonyl (C=O) groups is 1. The number of aryl methyl sites for hydroxylation is 1. The van der Waals surface area contributed by atoms with Crippen LogP contribution in [-0.2, 0) is 6.54 Å². The van der Waals surface area contributed by atoms with Crippen LogP contribution in [0.15, 0.2) is 12.4 Å². The molecule has 2 atom stereocenters. The predicted molar refractivity (Wildman–Crippen MR) is 82.0 cm³/mol. The zero-order chi connectivity index (χ0) is 15.7. The Morgan fingerprint density at radius 2 is 2.27 bits per heavy atom. The van der Waals surface area contributed by atoms with Crippen LogP contribution in [0.25, 0.3) is 11.0 Å². The maximum absolute atomic E-state index is 11.5. The van der Waals surface area contributed by atoms with Gasteiger partial charge in [0.15, 0.2) is 5.65 Å². The van der Waals surface area contributed by atoms with Crippen LogP contribution >= 0.6 is 0 Å². The topological polar surface area (TPSA) is 100 Å². The van der Waals surface area contributed by atoms with Gasteiger partial charge in [0.05, 0.1) is 23.4 Å². The van der Waals surface area contributed by atoms with E-state index in [1.165, 1.54) is 6.20 Å². The predicted octanol–water partition coefficient (Wildman–Crippen LogP) is 1.86. The van der Waals surface area contributed by atoms with Gasteiger partial charge < -0.3 is 15.5 Å². The van der Waals surface area contributed by atoms with Crippen molar-refractivity contribution < 1.29 is 15.0 Å². The molecule has 1 aliphatic carbocycles. The number of aromatic carboxylic acids is 1. The van der Waals surface area contributed by atoms with Crippen LogP contribution in [0.3, 0.4) is 0 Å². The summed E-state index contributed by atoms with van der Waals surface area (Å²) in [5, 5.41) is 27.5. The number of aliphatic hydroxyl groups excluding tert-OH is 1. The molecule has 2 aromatic heterocycles. The molecule has 0 saturated heterocycles. The molecule has 22 heavy (non-hydrogen) atoms. The second kappa shape index (κ2) is 5.92. The Balaban J connectivity index is 2.02. The van der Waals surface area contributed by atoms with Crippen molar-refractivity contribution in [3.05, 3.63) is 18.0 Å². The maximum Gasteiger partial charge on any atom is 0.339 e. The normalized spacial score (nSPS) is 21.9. The molecule has 0 spiro atoms. The SMILES string of the molecule is CCn1ncc2c(N[C@H]3CCC[C@@H](O)C3)c(C(=O)O)cnc21. The fourth-order valence-corrected chi connectivity index (χ4v) is 3.08. The number of aromatic nitrogens is 3. The standard InChI is InChI=1S/C15H20N4O3/c1-2-19-14-11(8-17-19)13(12(7-16-14)15(21)22)18-9-4-3-5-10(20)6-9/h7-10,20H,2-6H2,1H3,(H,16,18)(H,21,22)/t9-,10+/m0/s1. The molecule has 7 heteroatoms. The minimum atomic E-state index is -1.02. The molecule has 3 N–H and O–H groups in total. The van der Waals surface area contributed by atoms with E-state index in [4.69, 9.17) is 0 Å². The Labute approximate surface area is 128 Å². The number of carboxylic acid groups (broad SMARTS) is 1. The molecule has 1 fully saturated rings. The Morgan fingerprint density at radius 1 is 1.45 bits per heavy atom. The molecule has 2 heterocycles. The van der Waals surface area contributed by atoms with Gasteiger partial charge in [0.25, 0.3) is 0 Å². The monoisotopic (exact) mass is 304 g/mol. The highest BCUT2D eigenvalue weighted by atomic mass is 16.4. The first-order chi connectivity index (χ1) is 10.6. The van der Waals surface area contributed by atoms with Gasteiger partial charge in [0.1, 0.15) is 5.56 Å². The summed E-state index contributed by atoms with van der Waals surface area (Å²) in [7, 11) is 0. The minimum absolute atomic E-state index is 0.0671. The summed E-state index contributed by atoms with van der Waals surface area (Å²) in [6, 6.07) is 0.0671. The lowest BCUT2D eigenvalue weighted by Gasteiger charge is -2.28. The third-order valence-electron chi connectivity index (χ3n) is 4.19. The van der Waals surface area contributed by atoms with E-state index in [1.807, 2.05) is 6.92 Å². The molecule has 1 saturated carbocycles. The molecule has 0 aliphatic heterocycles. The Bertz CT molecular complexity index is 697. The summed E-state index contributed by atoms with van der Waals surface area (Å²) < 4.78 is 1.74. The summed E-state index contributed by atoms with van der Waals surface area (Å²) >= 11 is 0. The van der Waals surface area contributed by atoms with E-state index in [0.717, 1.165) is 19.3 Å². The van der Waals surface area contributed by atoms with Crippen LogP contribution < -0.4 is 5.32 Å². The zero-order valence-electron chi connectivity index (χ0n) is 12.5. The van der Waals surface area contributed by atoms with Crippen molar-refractivity contribution in [3.8, 4) is 0 Å². The molecule has 3 rings (SSSR count). The van der Waals surface area contributed by atoms with Gasteiger partial charge in [-0.3, -0.25) is 0 Å². The number of pyridine rings is 1. The molecule has 0 amide bonds. The number of nitrogens with one attached hydrogen (secondary N) is 1. The third-order valence-corrected chi connectivity index (χ3v) is 4.19. The lowest BCUT2D eigenvalue weighted by Crippen LogP contribution is -2.30. The van der Waals surface area contributed by atoms with Crippen molar-refractivity contribution in [2.24, 2.45) is 0 Å². The maximum atomic E-state index is 11.5. The molecular formula is C15H20N4O3. The number of aliphatic hydroxyl groups is 1. The van der Waals surface area contributed by atoms with E-state index in [-0.39, 0.29) is 17.7 Å². The second-order valence-corrected chi connectivity index (χ2v) is 5.71. The largest absolute Gasteiger partial charge is 0.478 e. The number of hydrogen-bond acceptors (Lipinski definition) is 5. The van der Waals surface area contributed by atoms with Crippen molar-refractivity contribution in [1.29, 1.82) is 0 Å². The quantitative estimate of drug-likeness (QED) is 0.797. The first kappa shape index (κ1) is 14.8. The Kier molecular flexibility index (Phi) is 3.98. The van der Waals surface area contributed by atoms with E-state index in [1.54, 1.807) is 10.9 Å². The summed E-state index contributed by atoms with van der Waals surface area (Å²) in [5.74, 6) is -1.02. The number of fused-ring (bicyclic) bond motifs is 1. The number of hydrogen-bond donors (Lipinski definition) is 3. The van der Waals surface area contributed by atoms with Gasteiger partial charge in [-0.1, -0.05) is 0 Å². The molecule has 0 bridgehead atoms. The minimum Gasteiger partial charge on any atom is -0.478 e. The first-order valence-corrected chi connectivity index (χ1v) is 7.62. The number of rotatable bonds is 4. The Morgan fingerprint density at radius 3 is 2.95 bits per heavy atom. The number of nitrogens with zero attached hydrogens (tertiary/aromatic N) is 3. The van der Waals surface area contributed by atoms with Crippen molar-refractivity contribution >= 4 is 22.7 Å². The molecule has 2 aromatic rings. The molecule has 0 unspecified atom stereocenters. The molecule has 1 aliphatic rings. The van der Waals surface area contributed by atoms with Crippen LogP contribution in [0.5, 0.6) is 0 Å². The summed E-state index contributed by atoms with van der Waals surface area (Å²) in [5.41, 5.74) is 1.37. The van der Waals surface area contributed by atoms with Crippen LogP contribution in [0.4, 0.5) is 5.69 Å². The van der Waals surface area contributed by atoms with Crippen molar-refractivity contribution in [2.75, 3.05) is 5.32 Å². The number of carboxylic acids is 1. The van der Waals surface area contributed by atoms with Crippen molar-refractivity contribution in [2.45, 2.75) is 51.3 Å². The van der Waals surface area contributed by atoms with E-state index in [0.29, 0.717) is 29.7 Å². The van der Waals surface area contributed by atoms with Gasteiger partial charge >= 0.3 is 5.97 Å². The lowest BCUT2D eigenvalue weighted by atomic mass is 9.92. The fraction of sp³-hybridized carbons (Fsp3) is 0.533. The molecule has 118 valence electrons. The summed E-state index contributed by atoms with van der Waals surface area (Å²) in [4.78, 5) is 15.7. The van der Waals surface area contributed by atoms with E-state index in [9.17, 15) is 15.0 Å². The molecule has 0 aromatic carbocycles. The van der Waals surface area contributed by atoms with Crippen molar-refractivity contribution in [1.82, 2.24) is 14.8 Å². The smallest absolute Gasteiger partial charge is 0.339 e. The average Bonchev–Trinajstić information content (AvgIpc) is 2.90. The fourth-order valence-electron chi connectivity index (χ4n) is 3.08. The van der Waals surface area contributed by atoms with Gasteiger partial charge in [0, 0.05) is 18.8 Å². The van der Waals surface area contributed by atoms with Gasteiger partial charge in [-0.25, -0.2) is 14.5 Å². The van der Waals surface area contributed by atoms with Gasteiger partial charge in [-0.15, -0.1) is 0 Å². The Hall–Kier alpha value is -2.15. The molecule has 0 radical (unpaired) electrons. The lowest BCUT2D eigenvalue weighted by molar-refractivity contribution is 0.0697. The molecular weight excluding hydrogens is 284 g/mol. The highest BCUT2D eigenvalue weighted by Gasteiger charge is 2.24. The van der Waals surface area contributed by atoms with Crippen LogP contribution in [-0.4, -0.2) is 43.1 Å². The van der Waals surface area contributed by atoms with Crippen molar-refractivity contribution in [3.63, 3.8) is 0 Å². The highest BCUT2D eigenvalue weighted by molar-refractivity contribution is 6.03. The summed E-state index contributed by atoms with van der Waals surface area (Å²) in [6.45, 7) is 2.63. The average molecular weight is 304 g/mol. The molecule has 7 nitrogen and oxygen atoms in total. The van der Waals surface area contributed by atoms with E-state index in [2.05, 4.69) is 15.4 Å². The number of anilines is 1. The van der Waals surface area contributed by atoms with E-state index < -0.39 is 5.97 Å². The zero-order valence-corrected chi connectivity index (χ0v) is 12.5. The van der Waals surface area contributed by atoms with Crippen LogP contribution in [0.2, 0.25) is 0 Å².